The fourth-order valence-corrected chi connectivity index (χ4v) is 2.28. The zero-order valence-corrected chi connectivity index (χ0v) is 13.3. The number of hydrogen-bond donors (Lipinski definition) is 2. The Labute approximate surface area is 134 Å². The van der Waals surface area contributed by atoms with E-state index in [9.17, 15) is 9.59 Å². The number of halogens is 1. The Bertz CT molecular complexity index is 520. The van der Waals surface area contributed by atoms with E-state index in [1.807, 2.05) is 14.7 Å². The highest BCUT2D eigenvalue weighted by Gasteiger charge is 2.43. The van der Waals surface area contributed by atoms with Crippen molar-refractivity contribution >= 4 is 23.2 Å². The van der Waals surface area contributed by atoms with Crippen LogP contribution in [-0.2, 0) is 9.59 Å². The Morgan fingerprint density at radius 3 is 1.82 bits per heavy atom. The fraction of sp³-hybridized carbons (Fsp3) is 0.571. The molecule has 122 valence electrons. The maximum absolute atomic E-state index is 12.4. The second kappa shape index (κ2) is 7.13. The lowest BCUT2D eigenvalue weighted by Gasteiger charge is -2.21. The minimum atomic E-state index is -0.278. The van der Waals surface area contributed by atoms with Gasteiger partial charge in [-0.05, 0) is 7.05 Å². The maximum atomic E-state index is 12.4. The number of allylic oxidation sites excluding steroid dienone is 1. The molecule has 3 N–H and O–H groups in total. The SMILES string of the molecule is CN.O=C1C=C(N2CC2)C(=O)C(N2CC2)=C1N1CC1.OCCl. The first-order valence-electron chi connectivity index (χ1n) is 7.21. The molecule has 0 aromatic rings. The number of nitrogens with zero attached hydrogens (tertiary/aromatic N) is 3. The predicted octanol–water partition coefficient (Wildman–Crippen LogP) is -1.07. The highest BCUT2D eigenvalue weighted by atomic mass is 35.5. The molecule has 1 aliphatic carbocycles. The Morgan fingerprint density at radius 2 is 1.41 bits per heavy atom. The number of rotatable bonds is 3. The van der Waals surface area contributed by atoms with Gasteiger partial charge in [0, 0.05) is 45.3 Å². The second-order valence-corrected chi connectivity index (χ2v) is 5.24. The van der Waals surface area contributed by atoms with E-state index < -0.39 is 0 Å². The van der Waals surface area contributed by atoms with Crippen LogP contribution in [0.3, 0.4) is 0 Å². The molecule has 4 aliphatic rings. The van der Waals surface area contributed by atoms with Crippen LogP contribution in [0.15, 0.2) is 23.2 Å². The van der Waals surface area contributed by atoms with Gasteiger partial charge in [0.2, 0.25) is 11.6 Å². The molecule has 0 bridgehead atoms. The molecule has 22 heavy (non-hydrogen) atoms. The van der Waals surface area contributed by atoms with Crippen molar-refractivity contribution < 1.29 is 14.7 Å². The van der Waals surface area contributed by atoms with E-state index in [0.717, 1.165) is 39.3 Å². The van der Waals surface area contributed by atoms with Crippen molar-refractivity contribution in [3.8, 4) is 0 Å². The van der Waals surface area contributed by atoms with Gasteiger partial charge in [0.25, 0.3) is 0 Å². The van der Waals surface area contributed by atoms with Gasteiger partial charge in [-0.15, -0.1) is 0 Å². The Hall–Kier alpha value is -1.57. The van der Waals surface area contributed by atoms with Crippen molar-refractivity contribution in [3.05, 3.63) is 23.2 Å². The van der Waals surface area contributed by atoms with E-state index in [1.165, 1.54) is 13.1 Å². The highest BCUT2D eigenvalue weighted by molar-refractivity contribution is 6.22. The molecule has 0 radical (unpaired) electrons. The first-order chi connectivity index (χ1) is 10.7. The summed E-state index contributed by atoms with van der Waals surface area (Å²) in [5.74, 6) is 0.0485. The first-order valence-corrected chi connectivity index (χ1v) is 7.75. The van der Waals surface area contributed by atoms with Crippen molar-refractivity contribution in [1.82, 2.24) is 14.7 Å². The van der Waals surface area contributed by atoms with Crippen molar-refractivity contribution in [2.45, 2.75) is 0 Å². The number of hydrogen-bond acceptors (Lipinski definition) is 7. The molecule has 3 heterocycles. The summed E-state index contributed by atoms with van der Waals surface area (Å²) < 4.78 is 0. The molecule has 7 nitrogen and oxygen atoms in total. The van der Waals surface area contributed by atoms with Gasteiger partial charge in [-0.3, -0.25) is 9.59 Å². The van der Waals surface area contributed by atoms with Gasteiger partial charge in [-0.25, -0.2) is 0 Å². The summed E-state index contributed by atoms with van der Waals surface area (Å²) in [6.45, 7) is 5.41. The number of aliphatic hydroxyl groups excluding tert-OH is 1. The molecule has 0 saturated carbocycles. The van der Waals surface area contributed by atoms with Crippen LogP contribution < -0.4 is 5.73 Å². The number of nitrogens with two attached hydrogens (primary N) is 1. The van der Waals surface area contributed by atoms with Crippen molar-refractivity contribution in [2.75, 3.05) is 52.4 Å². The third-order valence-electron chi connectivity index (χ3n) is 3.49. The van der Waals surface area contributed by atoms with Crippen molar-refractivity contribution in [1.29, 1.82) is 0 Å². The van der Waals surface area contributed by atoms with Crippen LogP contribution in [0.25, 0.3) is 0 Å². The monoisotopic (exact) mass is 328 g/mol. The topological polar surface area (TPSA) is 89.4 Å². The molecular weight excluding hydrogens is 308 g/mol. The fourth-order valence-electron chi connectivity index (χ4n) is 2.28. The van der Waals surface area contributed by atoms with E-state index in [-0.39, 0.29) is 17.6 Å². The van der Waals surface area contributed by atoms with Gasteiger partial charge in [0.1, 0.15) is 17.5 Å². The molecule has 0 amide bonds. The van der Waals surface area contributed by atoms with Gasteiger partial charge in [-0.2, -0.15) is 0 Å². The molecular formula is C14H21ClN4O3. The summed E-state index contributed by atoms with van der Waals surface area (Å²) in [5.41, 5.74) is 6.39. The molecule has 3 fully saturated rings. The van der Waals surface area contributed by atoms with E-state index >= 15 is 0 Å². The minimum absolute atomic E-state index is 0.00546. The lowest BCUT2D eigenvalue weighted by molar-refractivity contribution is -0.117. The lowest BCUT2D eigenvalue weighted by Crippen LogP contribution is -2.29. The van der Waals surface area contributed by atoms with Crippen LogP contribution in [0.4, 0.5) is 0 Å². The molecule has 0 atom stereocenters. The van der Waals surface area contributed by atoms with Crippen molar-refractivity contribution in [2.24, 2.45) is 5.73 Å². The summed E-state index contributed by atoms with van der Waals surface area (Å²) in [6, 6.07) is -0.278. The number of Topliss-reactive ketones (excluding diaryl/α,β-unsaturated/α-hetero) is 1. The third-order valence-corrected chi connectivity index (χ3v) is 3.49. The molecule has 0 unspecified atom stereocenters. The quantitative estimate of drug-likeness (QED) is 0.387. The van der Waals surface area contributed by atoms with Crippen LogP contribution in [0, 0.1) is 0 Å². The third kappa shape index (κ3) is 3.60. The Morgan fingerprint density at radius 1 is 1.00 bits per heavy atom. The molecule has 0 spiro atoms. The van der Waals surface area contributed by atoms with Crippen LogP contribution >= 0.6 is 11.6 Å². The second-order valence-electron chi connectivity index (χ2n) is 5.00. The number of carbonyl (C=O) groups is 2. The summed E-state index contributed by atoms with van der Waals surface area (Å²) >= 11 is 4.55. The van der Waals surface area contributed by atoms with E-state index in [0.29, 0.717) is 17.1 Å². The molecule has 4 rings (SSSR count). The zero-order chi connectivity index (χ0) is 16.3. The average molecular weight is 329 g/mol. The summed E-state index contributed by atoms with van der Waals surface area (Å²) in [4.78, 5) is 30.5. The average Bonchev–Trinajstić information content (AvgIpc) is 3.37. The van der Waals surface area contributed by atoms with Gasteiger partial charge in [0.15, 0.2) is 0 Å². The van der Waals surface area contributed by atoms with Gasteiger partial charge < -0.3 is 25.5 Å². The van der Waals surface area contributed by atoms with Crippen LogP contribution in [0.2, 0.25) is 0 Å². The molecule has 3 aliphatic heterocycles. The lowest BCUT2D eigenvalue weighted by atomic mass is 10.0. The van der Waals surface area contributed by atoms with Crippen LogP contribution in [0.1, 0.15) is 0 Å². The van der Waals surface area contributed by atoms with Gasteiger partial charge >= 0.3 is 0 Å². The van der Waals surface area contributed by atoms with Crippen molar-refractivity contribution in [3.63, 3.8) is 0 Å². The smallest absolute Gasteiger partial charge is 0.227 e. The van der Waals surface area contributed by atoms with E-state index in [2.05, 4.69) is 17.3 Å². The summed E-state index contributed by atoms with van der Waals surface area (Å²) in [5, 5.41) is 7.33. The normalized spacial score (nSPS) is 21.6. The minimum Gasteiger partial charge on any atom is -0.381 e. The predicted molar refractivity (Wildman–Crippen MR) is 82.9 cm³/mol. The zero-order valence-electron chi connectivity index (χ0n) is 12.6. The molecule has 0 aromatic carbocycles. The molecule has 0 aromatic heterocycles. The number of aliphatic hydroxyl groups is 1. The van der Waals surface area contributed by atoms with E-state index in [1.54, 1.807) is 0 Å². The summed E-state index contributed by atoms with van der Waals surface area (Å²) in [7, 11) is 1.50. The Kier molecular flexibility index (Phi) is 5.44. The molecule has 8 heteroatoms. The van der Waals surface area contributed by atoms with E-state index in [4.69, 9.17) is 5.11 Å². The first kappa shape index (κ1) is 16.8. The number of carbonyl (C=O) groups excluding carboxylic acids is 2. The van der Waals surface area contributed by atoms with Gasteiger partial charge in [0.05, 0.1) is 5.70 Å². The van der Waals surface area contributed by atoms with Crippen LogP contribution in [0.5, 0.6) is 0 Å². The summed E-state index contributed by atoms with van der Waals surface area (Å²) in [6.07, 6.45) is 1.52. The molecule has 3 saturated heterocycles. The number of ketones is 2. The largest absolute Gasteiger partial charge is 0.381 e. The van der Waals surface area contributed by atoms with Crippen LogP contribution in [-0.4, -0.2) is 83.8 Å². The number of alkyl halides is 1. The Balaban J connectivity index is 0.000000319. The maximum Gasteiger partial charge on any atom is 0.227 e. The standard InChI is InChI=1S/C12H13N3O2.CH3ClO.CH5N/c16-9-7-8(13-1-2-13)12(17)11(15-5-6-15)10(9)14-3-4-14;2-1-3;1-2/h7H,1-6H2;3H,1H2;2H2,1H3. The highest BCUT2D eigenvalue weighted by Crippen LogP contribution is 2.33. The van der Waals surface area contributed by atoms with Gasteiger partial charge in [-0.1, -0.05) is 11.6 Å².